The molecule has 6 atom stereocenters. The molecule has 5 N–H and O–H groups in total. The molecule has 0 heterocycles. The molecule has 1 aliphatic rings. The first-order valence-corrected chi connectivity index (χ1v) is 14.0. The van der Waals surface area contributed by atoms with E-state index in [0.717, 1.165) is 16.0 Å². The highest BCUT2D eigenvalue weighted by Gasteiger charge is 2.48. The van der Waals surface area contributed by atoms with Gasteiger partial charge in [-0.05, 0) is 62.3 Å². The first kappa shape index (κ1) is 30.4. The first-order chi connectivity index (χ1) is 19.5. The Bertz CT molecular complexity index is 1310. The van der Waals surface area contributed by atoms with Crippen molar-refractivity contribution in [1.29, 1.82) is 0 Å². The van der Waals surface area contributed by atoms with E-state index in [1.807, 2.05) is 60.7 Å². The van der Waals surface area contributed by atoms with Crippen molar-refractivity contribution in [2.75, 3.05) is 0 Å². The van der Waals surface area contributed by atoms with Gasteiger partial charge in [0.15, 0.2) is 0 Å². The van der Waals surface area contributed by atoms with Crippen molar-refractivity contribution in [2.24, 2.45) is 11.7 Å². The molecule has 1 aliphatic carbocycles. The summed E-state index contributed by atoms with van der Waals surface area (Å²) in [6.07, 6.45) is -4.12. The SMILES string of the molecule is CC(C)(C)OC(=O)N(C(=O)[C@H](Cc1ccccc1)C[C@H](O)[C@@H](N)Cc1ccccc1)[C@H]1c2ccccc2[C@@H](O)[C@H]1O. The number of hydrogen-bond donors (Lipinski definition) is 4. The lowest BCUT2D eigenvalue weighted by Crippen LogP contribution is -2.50. The van der Waals surface area contributed by atoms with Crippen LogP contribution in [0.3, 0.4) is 0 Å². The second kappa shape index (κ2) is 13.0. The van der Waals surface area contributed by atoms with Crippen molar-refractivity contribution in [3.63, 3.8) is 0 Å². The Labute approximate surface area is 241 Å². The Balaban J connectivity index is 1.69. The molecular formula is C33H40N2O6. The number of fused-ring (bicyclic) bond motifs is 1. The number of imide groups is 1. The van der Waals surface area contributed by atoms with Gasteiger partial charge >= 0.3 is 6.09 Å². The fourth-order valence-corrected chi connectivity index (χ4v) is 5.39. The minimum Gasteiger partial charge on any atom is -0.443 e. The van der Waals surface area contributed by atoms with Gasteiger partial charge in [-0.2, -0.15) is 0 Å². The van der Waals surface area contributed by atoms with Crippen molar-refractivity contribution in [3.8, 4) is 0 Å². The number of ether oxygens (including phenoxy) is 1. The highest BCUT2D eigenvalue weighted by molar-refractivity contribution is 5.94. The number of nitrogens with two attached hydrogens (primary N) is 1. The number of aliphatic hydroxyl groups is 3. The van der Waals surface area contributed by atoms with E-state index in [1.54, 1.807) is 45.0 Å². The molecule has 0 bridgehead atoms. The number of aliphatic hydroxyl groups excluding tert-OH is 3. The molecule has 2 amide bonds. The Morgan fingerprint density at radius 2 is 1.37 bits per heavy atom. The van der Waals surface area contributed by atoms with E-state index in [1.165, 1.54) is 0 Å². The van der Waals surface area contributed by atoms with Crippen molar-refractivity contribution < 1.29 is 29.6 Å². The number of carbonyl (C=O) groups excluding carboxylic acids is 2. The van der Waals surface area contributed by atoms with Gasteiger partial charge in [0.25, 0.3) is 0 Å². The Morgan fingerprint density at radius 3 is 1.93 bits per heavy atom. The second-order valence-corrected chi connectivity index (χ2v) is 11.7. The van der Waals surface area contributed by atoms with Gasteiger partial charge in [-0.1, -0.05) is 84.9 Å². The predicted molar refractivity (Wildman–Crippen MR) is 156 cm³/mol. The summed E-state index contributed by atoms with van der Waals surface area (Å²) in [6, 6.07) is 23.8. The quantitative estimate of drug-likeness (QED) is 0.310. The summed E-state index contributed by atoms with van der Waals surface area (Å²) >= 11 is 0. The normalized spacial score (nSPS) is 20.5. The molecule has 8 nitrogen and oxygen atoms in total. The number of rotatable bonds is 9. The summed E-state index contributed by atoms with van der Waals surface area (Å²) in [5.74, 6) is -1.50. The molecule has 218 valence electrons. The van der Waals surface area contributed by atoms with Gasteiger partial charge in [0.2, 0.25) is 5.91 Å². The highest BCUT2D eigenvalue weighted by Crippen LogP contribution is 2.43. The van der Waals surface area contributed by atoms with Crippen LogP contribution in [0.1, 0.15) is 61.6 Å². The van der Waals surface area contributed by atoms with Gasteiger partial charge < -0.3 is 25.8 Å². The molecule has 0 unspecified atom stereocenters. The fourth-order valence-electron chi connectivity index (χ4n) is 5.39. The topological polar surface area (TPSA) is 133 Å². The standard InChI is InChI=1S/C33H40N2O6/c1-33(2,3)41-32(40)35(28-24-16-10-11-17-25(24)29(37)30(28)38)31(39)23(18-21-12-6-4-7-13-21)20-27(36)26(34)19-22-14-8-5-9-15-22/h4-17,23,26-30,36-38H,18-20,34H2,1-3H3/t23-,26+,27+,28+,29-,30+/m1/s1. The van der Waals surface area contributed by atoms with Gasteiger partial charge in [0.1, 0.15) is 17.8 Å². The van der Waals surface area contributed by atoms with Crippen LogP contribution in [-0.2, 0) is 22.4 Å². The maximum atomic E-state index is 14.4. The third-order valence-corrected chi connectivity index (χ3v) is 7.39. The molecule has 3 aromatic carbocycles. The zero-order chi connectivity index (χ0) is 29.7. The first-order valence-electron chi connectivity index (χ1n) is 14.0. The number of carbonyl (C=O) groups is 2. The van der Waals surface area contributed by atoms with Crippen molar-refractivity contribution in [2.45, 2.75) is 76.0 Å². The summed E-state index contributed by atoms with van der Waals surface area (Å²) in [6.45, 7) is 5.07. The van der Waals surface area contributed by atoms with Gasteiger partial charge in [-0.3, -0.25) is 4.79 Å². The smallest absolute Gasteiger partial charge is 0.417 e. The Kier molecular flexibility index (Phi) is 9.60. The molecule has 41 heavy (non-hydrogen) atoms. The molecule has 0 fully saturated rings. The molecule has 4 rings (SSSR count). The molecule has 8 heteroatoms. The highest BCUT2D eigenvalue weighted by atomic mass is 16.6. The van der Waals surface area contributed by atoms with Crippen molar-refractivity contribution in [1.82, 2.24) is 4.90 Å². The van der Waals surface area contributed by atoms with Gasteiger partial charge in [-0.25, -0.2) is 9.69 Å². The van der Waals surface area contributed by atoms with Crippen LogP contribution in [0.15, 0.2) is 84.9 Å². The maximum Gasteiger partial charge on any atom is 0.417 e. The summed E-state index contributed by atoms with van der Waals surface area (Å²) in [4.78, 5) is 29.0. The zero-order valence-corrected chi connectivity index (χ0v) is 23.8. The van der Waals surface area contributed by atoms with Crippen LogP contribution in [0.5, 0.6) is 0 Å². The Morgan fingerprint density at radius 1 is 0.854 bits per heavy atom. The zero-order valence-electron chi connectivity index (χ0n) is 23.8. The Hall–Kier alpha value is -3.56. The van der Waals surface area contributed by atoms with Crippen LogP contribution in [0.4, 0.5) is 4.79 Å². The van der Waals surface area contributed by atoms with Crippen LogP contribution in [0, 0.1) is 5.92 Å². The summed E-state index contributed by atoms with van der Waals surface area (Å²) in [5.41, 5.74) is 8.17. The van der Waals surface area contributed by atoms with Gasteiger partial charge in [0, 0.05) is 12.0 Å². The average Bonchev–Trinajstić information content (AvgIpc) is 3.18. The van der Waals surface area contributed by atoms with Gasteiger partial charge in [-0.15, -0.1) is 0 Å². The van der Waals surface area contributed by atoms with Gasteiger partial charge in [0.05, 0.1) is 12.1 Å². The van der Waals surface area contributed by atoms with E-state index in [0.29, 0.717) is 17.5 Å². The van der Waals surface area contributed by atoms with E-state index in [9.17, 15) is 24.9 Å². The lowest BCUT2D eigenvalue weighted by Gasteiger charge is -2.35. The summed E-state index contributed by atoms with van der Waals surface area (Å²) in [7, 11) is 0. The number of hydrogen-bond acceptors (Lipinski definition) is 7. The van der Waals surface area contributed by atoms with Crippen LogP contribution in [0.25, 0.3) is 0 Å². The molecule has 0 saturated heterocycles. The minimum atomic E-state index is -1.45. The van der Waals surface area contributed by atoms with Crippen LogP contribution >= 0.6 is 0 Å². The lowest BCUT2D eigenvalue weighted by molar-refractivity contribution is -0.142. The van der Waals surface area contributed by atoms with Crippen LogP contribution in [-0.4, -0.2) is 56.1 Å². The second-order valence-electron chi connectivity index (χ2n) is 11.7. The molecule has 0 aliphatic heterocycles. The molecule has 0 aromatic heterocycles. The van der Waals surface area contributed by atoms with Crippen molar-refractivity contribution >= 4 is 12.0 Å². The average molecular weight is 561 g/mol. The summed E-state index contributed by atoms with van der Waals surface area (Å²) < 4.78 is 5.65. The maximum absolute atomic E-state index is 14.4. The molecule has 0 radical (unpaired) electrons. The molecule has 0 spiro atoms. The van der Waals surface area contributed by atoms with E-state index in [2.05, 4.69) is 0 Å². The molecule has 3 aromatic rings. The number of benzene rings is 3. The molecule has 0 saturated carbocycles. The van der Waals surface area contributed by atoms with Crippen molar-refractivity contribution in [3.05, 3.63) is 107 Å². The number of amides is 2. The minimum absolute atomic E-state index is 0.0198. The van der Waals surface area contributed by atoms with E-state index < -0.39 is 53.9 Å². The largest absolute Gasteiger partial charge is 0.443 e. The lowest BCUT2D eigenvalue weighted by atomic mass is 9.88. The predicted octanol–water partition coefficient (Wildman–Crippen LogP) is 4.08. The third kappa shape index (κ3) is 7.40. The third-order valence-electron chi connectivity index (χ3n) is 7.39. The summed E-state index contributed by atoms with van der Waals surface area (Å²) in [5, 5.41) is 33.1. The van der Waals surface area contributed by atoms with Crippen LogP contribution in [0.2, 0.25) is 0 Å². The number of nitrogens with zero attached hydrogens (tertiary/aromatic N) is 1. The van der Waals surface area contributed by atoms with E-state index in [-0.39, 0.29) is 12.8 Å². The molecular weight excluding hydrogens is 520 g/mol. The van der Waals surface area contributed by atoms with Crippen LogP contribution < -0.4 is 5.73 Å². The van der Waals surface area contributed by atoms with E-state index >= 15 is 0 Å². The fraction of sp³-hybridized carbons (Fsp3) is 0.394. The van der Waals surface area contributed by atoms with E-state index in [4.69, 9.17) is 10.5 Å². The monoisotopic (exact) mass is 560 g/mol.